The molecule has 1 aliphatic carbocycles. The number of ether oxygens (including phenoxy) is 3. The van der Waals surface area contributed by atoms with Crippen molar-refractivity contribution in [2.24, 2.45) is 5.41 Å². The molecule has 2 aromatic carbocycles. The van der Waals surface area contributed by atoms with E-state index in [1.54, 1.807) is 7.11 Å². The minimum Gasteiger partial charge on any atom is -0.497 e. The molecule has 1 fully saturated rings. The summed E-state index contributed by atoms with van der Waals surface area (Å²) >= 11 is 0. The molecule has 1 heterocycles. The lowest BCUT2D eigenvalue weighted by atomic mass is 9.63. The lowest BCUT2D eigenvalue weighted by Crippen LogP contribution is -2.60. The molecule has 1 N–H and O–H groups in total. The van der Waals surface area contributed by atoms with Gasteiger partial charge in [-0.15, -0.1) is 0 Å². The van der Waals surface area contributed by atoms with E-state index in [-0.39, 0.29) is 5.92 Å². The van der Waals surface area contributed by atoms with E-state index in [0.29, 0.717) is 25.0 Å². The lowest BCUT2D eigenvalue weighted by molar-refractivity contribution is -0.237. The zero-order valence-corrected chi connectivity index (χ0v) is 17.4. The maximum absolute atomic E-state index is 13.7. The van der Waals surface area contributed by atoms with Crippen molar-refractivity contribution in [3.8, 4) is 11.5 Å². The highest BCUT2D eigenvalue weighted by Crippen LogP contribution is 2.62. The van der Waals surface area contributed by atoms with Crippen molar-refractivity contribution < 1.29 is 24.1 Å². The highest BCUT2D eigenvalue weighted by molar-refractivity contribution is 5.82. The summed E-state index contributed by atoms with van der Waals surface area (Å²) in [4.78, 5) is 13.7. The Bertz CT molecular complexity index is 914. The number of aliphatic hydroxyl groups is 1. The van der Waals surface area contributed by atoms with Gasteiger partial charge in [0.05, 0.1) is 7.11 Å². The molecule has 0 spiro atoms. The molecule has 0 amide bonds. The maximum Gasteiger partial charge on any atom is 0.320 e. The summed E-state index contributed by atoms with van der Waals surface area (Å²) in [6.45, 7) is 5.53. The standard InChI is InChI=1S/C24H28O5/c1-22(2,3)29-21(25)23-14-7-15-24(23,26)28-19-9-6-5-8-18(19)20(23)16-10-12-17(27-4)13-11-16/h5-6,8-13,20,26H,7,14-15H2,1-4H3/t20-,23-,24-/m0/s1. The number of carbonyl (C=O) groups excluding carboxylic acids is 1. The zero-order valence-electron chi connectivity index (χ0n) is 17.4. The number of methoxy groups -OCH3 is 1. The average Bonchev–Trinajstić information content (AvgIpc) is 3.02. The van der Waals surface area contributed by atoms with Crippen molar-refractivity contribution in [3.05, 3.63) is 59.7 Å². The molecule has 4 rings (SSSR count). The Kier molecular flexibility index (Phi) is 4.61. The molecule has 0 saturated heterocycles. The Labute approximate surface area is 171 Å². The Morgan fingerprint density at radius 1 is 1.10 bits per heavy atom. The van der Waals surface area contributed by atoms with Crippen molar-refractivity contribution in [3.63, 3.8) is 0 Å². The molecular formula is C24H28O5. The van der Waals surface area contributed by atoms with Crippen LogP contribution in [0.3, 0.4) is 0 Å². The summed E-state index contributed by atoms with van der Waals surface area (Å²) in [5, 5.41) is 11.7. The first-order valence-corrected chi connectivity index (χ1v) is 10.1. The van der Waals surface area contributed by atoms with Gasteiger partial charge in [-0.25, -0.2) is 0 Å². The Morgan fingerprint density at radius 3 is 2.45 bits per heavy atom. The molecule has 1 saturated carbocycles. The van der Waals surface area contributed by atoms with Crippen molar-refractivity contribution in [1.82, 2.24) is 0 Å². The van der Waals surface area contributed by atoms with Gasteiger partial charge in [0, 0.05) is 17.9 Å². The van der Waals surface area contributed by atoms with E-state index < -0.39 is 22.8 Å². The second kappa shape index (κ2) is 6.77. The van der Waals surface area contributed by atoms with Crippen LogP contribution < -0.4 is 9.47 Å². The third-order valence-electron chi connectivity index (χ3n) is 6.00. The third kappa shape index (κ3) is 3.08. The Balaban J connectivity index is 1.94. The number of fused-ring (bicyclic) bond motifs is 2. The van der Waals surface area contributed by atoms with Gasteiger partial charge in [-0.1, -0.05) is 30.3 Å². The highest BCUT2D eigenvalue weighted by atomic mass is 16.6. The smallest absolute Gasteiger partial charge is 0.320 e. The summed E-state index contributed by atoms with van der Waals surface area (Å²) in [7, 11) is 1.62. The minimum atomic E-state index is -1.62. The van der Waals surface area contributed by atoms with Crippen LogP contribution in [-0.4, -0.2) is 29.6 Å². The molecule has 0 bridgehead atoms. The topological polar surface area (TPSA) is 65.0 Å². The predicted octanol–water partition coefficient (Wildman–Crippen LogP) is 4.42. The fourth-order valence-corrected chi connectivity index (χ4v) is 4.81. The van der Waals surface area contributed by atoms with Gasteiger partial charge < -0.3 is 19.3 Å². The first-order chi connectivity index (χ1) is 13.7. The van der Waals surface area contributed by atoms with E-state index in [2.05, 4.69) is 0 Å². The van der Waals surface area contributed by atoms with Crippen molar-refractivity contribution in [2.45, 2.75) is 57.3 Å². The molecule has 154 valence electrons. The summed E-state index contributed by atoms with van der Waals surface area (Å²) in [6, 6.07) is 15.3. The van der Waals surface area contributed by atoms with Gasteiger partial charge in [0.2, 0.25) is 5.79 Å². The Morgan fingerprint density at radius 2 is 1.79 bits per heavy atom. The van der Waals surface area contributed by atoms with E-state index in [1.807, 2.05) is 69.3 Å². The minimum absolute atomic E-state index is 0.382. The molecule has 3 atom stereocenters. The summed E-state index contributed by atoms with van der Waals surface area (Å²) in [5.41, 5.74) is -0.0807. The quantitative estimate of drug-likeness (QED) is 0.778. The van der Waals surface area contributed by atoms with Crippen molar-refractivity contribution >= 4 is 5.97 Å². The number of rotatable bonds is 3. The molecule has 5 nitrogen and oxygen atoms in total. The van der Waals surface area contributed by atoms with Gasteiger partial charge in [-0.2, -0.15) is 0 Å². The van der Waals surface area contributed by atoms with E-state index >= 15 is 0 Å². The van der Waals surface area contributed by atoms with E-state index in [1.165, 1.54) is 0 Å². The molecular weight excluding hydrogens is 368 g/mol. The number of hydrogen-bond donors (Lipinski definition) is 1. The average molecular weight is 396 g/mol. The van der Waals surface area contributed by atoms with Gasteiger partial charge in [-0.3, -0.25) is 4.79 Å². The number of para-hydroxylation sites is 1. The van der Waals surface area contributed by atoms with Gasteiger partial charge in [-0.05, 0) is 57.4 Å². The molecule has 0 unspecified atom stereocenters. The fraction of sp³-hybridized carbons (Fsp3) is 0.458. The van der Waals surface area contributed by atoms with Crippen LogP contribution in [0.5, 0.6) is 11.5 Å². The monoisotopic (exact) mass is 396 g/mol. The number of carbonyl (C=O) groups is 1. The normalized spacial score (nSPS) is 28.1. The first kappa shape index (κ1) is 19.8. The summed E-state index contributed by atoms with van der Waals surface area (Å²) < 4.78 is 17.3. The maximum atomic E-state index is 13.7. The van der Waals surface area contributed by atoms with Crippen LogP contribution in [0, 0.1) is 5.41 Å². The first-order valence-electron chi connectivity index (χ1n) is 10.1. The molecule has 5 heteroatoms. The zero-order chi connectivity index (χ0) is 20.9. The Hall–Kier alpha value is -2.53. The van der Waals surface area contributed by atoms with E-state index in [4.69, 9.17) is 14.2 Å². The van der Waals surface area contributed by atoms with E-state index in [0.717, 1.165) is 16.9 Å². The van der Waals surface area contributed by atoms with Crippen LogP contribution in [0.4, 0.5) is 0 Å². The molecule has 0 aromatic heterocycles. The lowest BCUT2D eigenvalue weighted by Gasteiger charge is -2.50. The molecule has 29 heavy (non-hydrogen) atoms. The second-order valence-electron chi connectivity index (χ2n) is 8.96. The van der Waals surface area contributed by atoms with Crippen LogP contribution in [0.25, 0.3) is 0 Å². The molecule has 1 aliphatic heterocycles. The van der Waals surface area contributed by atoms with Gasteiger partial charge in [0.25, 0.3) is 0 Å². The third-order valence-corrected chi connectivity index (χ3v) is 6.00. The van der Waals surface area contributed by atoms with Gasteiger partial charge in [0.15, 0.2) is 0 Å². The van der Waals surface area contributed by atoms with Crippen LogP contribution in [-0.2, 0) is 9.53 Å². The number of hydrogen-bond acceptors (Lipinski definition) is 5. The van der Waals surface area contributed by atoms with Crippen LogP contribution >= 0.6 is 0 Å². The predicted molar refractivity (Wildman–Crippen MR) is 109 cm³/mol. The van der Waals surface area contributed by atoms with Crippen molar-refractivity contribution in [1.29, 1.82) is 0 Å². The number of esters is 1. The van der Waals surface area contributed by atoms with Crippen molar-refractivity contribution in [2.75, 3.05) is 7.11 Å². The molecule has 0 radical (unpaired) electrons. The number of benzene rings is 2. The molecule has 2 aliphatic rings. The summed E-state index contributed by atoms with van der Waals surface area (Å²) in [5.74, 6) is -1.08. The highest BCUT2D eigenvalue weighted by Gasteiger charge is 2.69. The SMILES string of the molecule is COc1ccc([C@H]2c3ccccc3O[C@@]3(O)CCC[C@@]23C(=O)OC(C)(C)C)cc1. The largest absolute Gasteiger partial charge is 0.497 e. The molecule has 2 aromatic rings. The van der Waals surface area contributed by atoms with E-state index in [9.17, 15) is 9.90 Å². The second-order valence-corrected chi connectivity index (χ2v) is 8.96. The van der Waals surface area contributed by atoms with Gasteiger partial charge in [0.1, 0.15) is 22.5 Å². The van der Waals surface area contributed by atoms with Gasteiger partial charge >= 0.3 is 5.97 Å². The summed E-state index contributed by atoms with van der Waals surface area (Å²) in [6.07, 6.45) is 1.55. The van der Waals surface area contributed by atoms with Crippen LogP contribution in [0.2, 0.25) is 0 Å². The van der Waals surface area contributed by atoms with Crippen LogP contribution in [0.15, 0.2) is 48.5 Å². The fourth-order valence-electron chi connectivity index (χ4n) is 4.81. The van der Waals surface area contributed by atoms with Crippen LogP contribution in [0.1, 0.15) is 57.1 Å².